The Bertz CT molecular complexity index is 273. The molecule has 60 valence electrons. The van der Waals surface area contributed by atoms with E-state index in [2.05, 4.69) is 22.6 Å². The molecule has 0 aliphatic heterocycles. The number of hydrogen-bond donors (Lipinski definition) is 1. The van der Waals surface area contributed by atoms with Crippen LogP contribution in [-0.4, -0.2) is 5.11 Å². The van der Waals surface area contributed by atoms with Gasteiger partial charge in [0.15, 0.2) is 0 Å². The van der Waals surface area contributed by atoms with Gasteiger partial charge in [0.1, 0.15) is 0 Å². The third-order valence-electron chi connectivity index (χ3n) is 1.59. The van der Waals surface area contributed by atoms with E-state index < -0.39 is 0 Å². The molecule has 0 atom stereocenters. The summed E-state index contributed by atoms with van der Waals surface area (Å²) >= 11 is 7.99. The summed E-state index contributed by atoms with van der Waals surface area (Å²) < 4.78 is 1.10. The quantitative estimate of drug-likeness (QED) is 0.785. The normalized spacial score (nSPS) is 10.2. The van der Waals surface area contributed by atoms with E-state index in [1.807, 2.05) is 13.0 Å². The van der Waals surface area contributed by atoms with Crippen molar-refractivity contribution < 1.29 is 5.11 Å². The number of benzene rings is 1. The maximum atomic E-state index is 8.91. The highest BCUT2D eigenvalue weighted by molar-refractivity contribution is 14.1. The molecule has 0 spiro atoms. The second-order valence-electron chi connectivity index (χ2n) is 2.33. The second kappa shape index (κ2) is 3.74. The van der Waals surface area contributed by atoms with Gasteiger partial charge in [-0.05, 0) is 52.8 Å². The third kappa shape index (κ3) is 2.07. The molecule has 0 aliphatic rings. The number of aliphatic hydroxyl groups excluding tert-OH is 1. The molecule has 1 nitrogen and oxygen atoms in total. The summed E-state index contributed by atoms with van der Waals surface area (Å²) in [4.78, 5) is 0. The molecule has 11 heavy (non-hydrogen) atoms. The van der Waals surface area contributed by atoms with Crippen LogP contribution in [-0.2, 0) is 6.61 Å². The van der Waals surface area contributed by atoms with Crippen LogP contribution in [0.5, 0.6) is 0 Å². The van der Waals surface area contributed by atoms with E-state index in [0.29, 0.717) is 5.02 Å². The van der Waals surface area contributed by atoms with Crippen LogP contribution in [0.4, 0.5) is 0 Å². The smallest absolute Gasteiger partial charge is 0.0685 e. The Kier molecular flexibility index (Phi) is 3.16. The fourth-order valence-electron chi connectivity index (χ4n) is 0.863. The van der Waals surface area contributed by atoms with Crippen molar-refractivity contribution in [1.29, 1.82) is 0 Å². The van der Waals surface area contributed by atoms with Gasteiger partial charge in [-0.15, -0.1) is 0 Å². The van der Waals surface area contributed by atoms with Crippen molar-refractivity contribution in [3.05, 3.63) is 31.9 Å². The SMILES string of the molecule is Cc1c(I)cc(Cl)cc1CO. The molecule has 1 aromatic carbocycles. The van der Waals surface area contributed by atoms with Gasteiger partial charge >= 0.3 is 0 Å². The lowest BCUT2D eigenvalue weighted by Gasteiger charge is -2.04. The predicted molar refractivity (Wildman–Crippen MR) is 54.8 cm³/mol. The van der Waals surface area contributed by atoms with E-state index in [-0.39, 0.29) is 6.61 Å². The van der Waals surface area contributed by atoms with Gasteiger partial charge in [0, 0.05) is 8.59 Å². The van der Waals surface area contributed by atoms with Gasteiger partial charge in [0.25, 0.3) is 0 Å². The molecule has 0 amide bonds. The molecule has 0 radical (unpaired) electrons. The van der Waals surface area contributed by atoms with Crippen molar-refractivity contribution in [2.75, 3.05) is 0 Å². The summed E-state index contributed by atoms with van der Waals surface area (Å²) in [7, 11) is 0. The maximum absolute atomic E-state index is 8.91. The first-order chi connectivity index (χ1) is 5.15. The third-order valence-corrected chi connectivity index (χ3v) is 2.93. The van der Waals surface area contributed by atoms with Crippen LogP contribution in [0.15, 0.2) is 12.1 Å². The average Bonchev–Trinajstić information content (AvgIpc) is 1.96. The first-order valence-corrected chi connectivity index (χ1v) is 4.66. The van der Waals surface area contributed by atoms with Crippen molar-refractivity contribution in [3.8, 4) is 0 Å². The summed E-state index contributed by atoms with van der Waals surface area (Å²) in [5.74, 6) is 0. The topological polar surface area (TPSA) is 20.2 Å². The van der Waals surface area contributed by atoms with Gasteiger partial charge in [-0.3, -0.25) is 0 Å². The molecule has 0 saturated carbocycles. The summed E-state index contributed by atoms with van der Waals surface area (Å²) in [6, 6.07) is 3.68. The molecule has 0 fully saturated rings. The zero-order valence-electron chi connectivity index (χ0n) is 6.06. The van der Waals surface area contributed by atoms with Crippen molar-refractivity contribution >= 4 is 34.2 Å². The summed E-state index contributed by atoms with van der Waals surface area (Å²) in [6.07, 6.45) is 0. The minimum Gasteiger partial charge on any atom is -0.392 e. The van der Waals surface area contributed by atoms with E-state index in [0.717, 1.165) is 14.7 Å². The molecule has 0 aromatic heterocycles. The van der Waals surface area contributed by atoms with Gasteiger partial charge in [-0.25, -0.2) is 0 Å². The molecule has 0 heterocycles. The standard InChI is InChI=1S/C8H8ClIO/c1-5-6(4-11)2-7(9)3-8(5)10/h2-3,11H,4H2,1H3. The second-order valence-corrected chi connectivity index (χ2v) is 3.93. The fraction of sp³-hybridized carbons (Fsp3) is 0.250. The van der Waals surface area contributed by atoms with Crippen molar-refractivity contribution in [2.45, 2.75) is 13.5 Å². The summed E-state index contributed by atoms with van der Waals surface area (Å²) in [5.41, 5.74) is 2.01. The van der Waals surface area contributed by atoms with Crippen LogP contribution in [0.25, 0.3) is 0 Å². The Hall–Kier alpha value is 0.200. The Balaban J connectivity index is 3.24. The van der Waals surface area contributed by atoms with E-state index in [4.69, 9.17) is 16.7 Å². The van der Waals surface area contributed by atoms with Crippen molar-refractivity contribution in [3.63, 3.8) is 0 Å². The van der Waals surface area contributed by atoms with Crippen LogP contribution in [0.1, 0.15) is 11.1 Å². The monoisotopic (exact) mass is 282 g/mol. The molecule has 0 aliphatic carbocycles. The molecular formula is C8H8ClIO. The molecule has 1 rings (SSSR count). The lowest BCUT2D eigenvalue weighted by molar-refractivity contribution is 0.281. The van der Waals surface area contributed by atoms with E-state index in [1.165, 1.54) is 0 Å². The highest BCUT2D eigenvalue weighted by Gasteiger charge is 2.02. The molecule has 1 N–H and O–H groups in total. The first kappa shape index (κ1) is 9.29. The van der Waals surface area contributed by atoms with Crippen LogP contribution in [0.3, 0.4) is 0 Å². The number of rotatable bonds is 1. The maximum Gasteiger partial charge on any atom is 0.0685 e. The van der Waals surface area contributed by atoms with E-state index >= 15 is 0 Å². The van der Waals surface area contributed by atoms with Crippen LogP contribution < -0.4 is 0 Å². The van der Waals surface area contributed by atoms with E-state index in [1.54, 1.807) is 6.07 Å². The minimum absolute atomic E-state index is 0.0579. The van der Waals surface area contributed by atoms with Crippen LogP contribution in [0.2, 0.25) is 5.02 Å². The molecule has 0 saturated heterocycles. The van der Waals surface area contributed by atoms with Gasteiger partial charge in [0.05, 0.1) is 6.61 Å². The molecule has 0 bridgehead atoms. The molecular weight excluding hydrogens is 274 g/mol. The average molecular weight is 283 g/mol. The molecule has 3 heteroatoms. The zero-order chi connectivity index (χ0) is 8.43. The number of aliphatic hydroxyl groups is 1. The number of halogens is 2. The fourth-order valence-corrected chi connectivity index (χ4v) is 1.97. The van der Waals surface area contributed by atoms with Crippen LogP contribution in [0, 0.1) is 10.5 Å². The van der Waals surface area contributed by atoms with Crippen molar-refractivity contribution in [1.82, 2.24) is 0 Å². The zero-order valence-corrected chi connectivity index (χ0v) is 8.98. The Labute approximate surface area is 84.5 Å². The molecule has 1 aromatic rings. The predicted octanol–water partition coefficient (Wildman–Crippen LogP) is 2.75. The highest BCUT2D eigenvalue weighted by atomic mass is 127. The minimum atomic E-state index is 0.0579. The summed E-state index contributed by atoms with van der Waals surface area (Å²) in [5, 5.41) is 9.59. The Morgan fingerprint density at radius 2 is 2.18 bits per heavy atom. The Morgan fingerprint density at radius 3 is 2.73 bits per heavy atom. The lowest BCUT2D eigenvalue weighted by Crippen LogP contribution is -1.91. The van der Waals surface area contributed by atoms with Gasteiger partial charge in [0.2, 0.25) is 0 Å². The van der Waals surface area contributed by atoms with Crippen molar-refractivity contribution in [2.24, 2.45) is 0 Å². The van der Waals surface area contributed by atoms with E-state index in [9.17, 15) is 0 Å². The highest BCUT2D eigenvalue weighted by Crippen LogP contribution is 2.21. The largest absolute Gasteiger partial charge is 0.392 e. The van der Waals surface area contributed by atoms with Gasteiger partial charge in [-0.1, -0.05) is 11.6 Å². The number of hydrogen-bond acceptors (Lipinski definition) is 1. The summed E-state index contributed by atoms with van der Waals surface area (Å²) in [6.45, 7) is 2.03. The van der Waals surface area contributed by atoms with Gasteiger partial charge < -0.3 is 5.11 Å². The molecule has 0 unspecified atom stereocenters. The Morgan fingerprint density at radius 1 is 1.55 bits per heavy atom. The van der Waals surface area contributed by atoms with Crippen LogP contribution >= 0.6 is 34.2 Å². The van der Waals surface area contributed by atoms with Gasteiger partial charge in [-0.2, -0.15) is 0 Å². The lowest BCUT2D eigenvalue weighted by atomic mass is 10.1. The first-order valence-electron chi connectivity index (χ1n) is 3.20.